The third-order valence-corrected chi connectivity index (χ3v) is 3.03. The van der Waals surface area contributed by atoms with Crippen molar-refractivity contribution in [2.24, 2.45) is 0 Å². The summed E-state index contributed by atoms with van der Waals surface area (Å²) in [6.45, 7) is 0.958. The van der Waals surface area contributed by atoms with Crippen LogP contribution in [-0.4, -0.2) is 35.9 Å². The number of rotatable bonds is 5. The molecule has 0 saturated heterocycles. The lowest BCUT2D eigenvalue weighted by molar-refractivity contribution is 0.0931. The molecule has 0 aliphatic carbocycles. The van der Waals surface area contributed by atoms with Gasteiger partial charge in [-0.15, -0.1) is 0 Å². The molecule has 6 heteroatoms. The summed E-state index contributed by atoms with van der Waals surface area (Å²) >= 11 is 3.38. The zero-order chi connectivity index (χ0) is 13.7. The highest BCUT2D eigenvalue weighted by Crippen LogP contribution is 2.13. The quantitative estimate of drug-likeness (QED) is 0.856. The van der Waals surface area contributed by atoms with Crippen molar-refractivity contribution in [2.45, 2.75) is 0 Å². The molecule has 1 N–H and O–H groups in total. The van der Waals surface area contributed by atoms with Crippen molar-refractivity contribution in [3.05, 3.63) is 46.7 Å². The molecule has 0 aliphatic heterocycles. The van der Waals surface area contributed by atoms with Crippen LogP contribution in [0, 0.1) is 0 Å². The lowest BCUT2D eigenvalue weighted by Gasteiger charge is -2.02. The van der Waals surface area contributed by atoms with Gasteiger partial charge in [0.1, 0.15) is 0 Å². The Morgan fingerprint density at radius 2 is 2.11 bits per heavy atom. The Balaban J connectivity index is 2.06. The second-order valence-electron chi connectivity index (χ2n) is 3.87. The molecule has 0 atom stereocenters. The standard InChI is InChI=1S/C13H14BrN3O2/c1-19-9-7-15-13(18)12-6-8-17(16-12)11-4-2-10(14)3-5-11/h2-6,8H,7,9H2,1H3,(H,15,18). The SMILES string of the molecule is COCCNC(=O)c1ccn(-c2ccc(Br)cc2)n1. The fourth-order valence-electron chi connectivity index (χ4n) is 1.54. The van der Waals surface area contributed by atoms with Crippen molar-refractivity contribution >= 4 is 21.8 Å². The van der Waals surface area contributed by atoms with E-state index in [0.717, 1.165) is 10.2 Å². The maximum atomic E-state index is 11.8. The average Bonchev–Trinajstić information content (AvgIpc) is 2.89. The van der Waals surface area contributed by atoms with Crippen LogP contribution in [0.3, 0.4) is 0 Å². The molecule has 100 valence electrons. The van der Waals surface area contributed by atoms with Crippen molar-refractivity contribution in [3.8, 4) is 5.69 Å². The van der Waals surface area contributed by atoms with Crippen molar-refractivity contribution in [2.75, 3.05) is 20.3 Å². The van der Waals surface area contributed by atoms with Crippen molar-refractivity contribution in [1.82, 2.24) is 15.1 Å². The summed E-state index contributed by atoms with van der Waals surface area (Å²) in [6, 6.07) is 9.38. The van der Waals surface area contributed by atoms with Crippen LogP contribution >= 0.6 is 15.9 Å². The second-order valence-corrected chi connectivity index (χ2v) is 4.79. The molecule has 0 aliphatic rings. The third-order valence-electron chi connectivity index (χ3n) is 2.50. The molecule has 0 fully saturated rings. The lowest BCUT2D eigenvalue weighted by Crippen LogP contribution is -2.27. The topological polar surface area (TPSA) is 56.1 Å². The van der Waals surface area contributed by atoms with E-state index in [9.17, 15) is 4.79 Å². The first-order valence-corrected chi connectivity index (χ1v) is 6.59. The number of hydrogen-bond acceptors (Lipinski definition) is 3. The van der Waals surface area contributed by atoms with Gasteiger partial charge in [0.05, 0.1) is 12.3 Å². The average molecular weight is 324 g/mol. The molecule has 0 spiro atoms. The van der Waals surface area contributed by atoms with E-state index in [1.54, 1.807) is 24.1 Å². The predicted molar refractivity (Wildman–Crippen MR) is 75.5 cm³/mol. The second kappa shape index (κ2) is 6.49. The Kier molecular flexibility index (Phi) is 4.70. The minimum atomic E-state index is -0.201. The summed E-state index contributed by atoms with van der Waals surface area (Å²) in [7, 11) is 1.59. The highest BCUT2D eigenvalue weighted by atomic mass is 79.9. The minimum absolute atomic E-state index is 0.201. The van der Waals surface area contributed by atoms with Gasteiger partial charge < -0.3 is 10.1 Å². The summed E-state index contributed by atoms with van der Waals surface area (Å²) in [5.74, 6) is -0.201. The Hall–Kier alpha value is -1.66. The van der Waals surface area contributed by atoms with Crippen LogP contribution in [0.4, 0.5) is 0 Å². The Morgan fingerprint density at radius 3 is 2.79 bits per heavy atom. The number of benzene rings is 1. The molecule has 2 aromatic rings. The molecular weight excluding hydrogens is 310 g/mol. The van der Waals surface area contributed by atoms with Gasteiger partial charge in [0.2, 0.25) is 0 Å². The molecule has 2 rings (SSSR count). The van der Waals surface area contributed by atoms with Crippen LogP contribution in [0.25, 0.3) is 5.69 Å². The number of amides is 1. The minimum Gasteiger partial charge on any atom is -0.383 e. The largest absolute Gasteiger partial charge is 0.383 e. The first-order valence-electron chi connectivity index (χ1n) is 5.79. The summed E-state index contributed by atoms with van der Waals surface area (Å²) in [5.41, 5.74) is 1.29. The zero-order valence-corrected chi connectivity index (χ0v) is 12.1. The van der Waals surface area contributed by atoms with E-state index in [0.29, 0.717) is 18.8 Å². The van der Waals surface area contributed by atoms with Gasteiger partial charge in [-0.25, -0.2) is 4.68 Å². The lowest BCUT2D eigenvalue weighted by atomic mass is 10.3. The zero-order valence-electron chi connectivity index (χ0n) is 10.5. The molecule has 0 radical (unpaired) electrons. The number of carbonyl (C=O) groups excluding carboxylic acids is 1. The van der Waals surface area contributed by atoms with Crippen molar-refractivity contribution < 1.29 is 9.53 Å². The maximum Gasteiger partial charge on any atom is 0.271 e. The number of aromatic nitrogens is 2. The fourth-order valence-corrected chi connectivity index (χ4v) is 1.80. The Morgan fingerprint density at radius 1 is 1.37 bits per heavy atom. The van der Waals surface area contributed by atoms with E-state index in [4.69, 9.17) is 4.74 Å². The van der Waals surface area contributed by atoms with Crippen molar-refractivity contribution in [1.29, 1.82) is 0 Å². The summed E-state index contributed by atoms with van der Waals surface area (Å²) in [6.07, 6.45) is 1.76. The smallest absolute Gasteiger partial charge is 0.271 e. The molecule has 0 bridgehead atoms. The molecule has 5 nitrogen and oxygen atoms in total. The van der Waals surface area contributed by atoms with Crippen LogP contribution < -0.4 is 5.32 Å². The van der Waals surface area contributed by atoms with Gasteiger partial charge >= 0.3 is 0 Å². The van der Waals surface area contributed by atoms with Gasteiger partial charge in [0.25, 0.3) is 5.91 Å². The molecule has 19 heavy (non-hydrogen) atoms. The first kappa shape index (κ1) is 13.8. The number of hydrogen-bond donors (Lipinski definition) is 1. The van der Waals surface area contributed by atoms with Crippen LogP contribution in [0.1, 0.15) is 10.5 Å². The highest BCUT2D eigenvalue weighted by Gasteiger charge is 2.09. The molecule has 1 aromatic heterocycles. The van der Waals surface area contributed by atoms with E-state index < -0.39 is 0 Å². The normalized spacial score (nSPS) is 10.4. The van der Waals surface area contributed by atoms with E-state index in [2.05, 4.69) is 26.3 Å². The number of nitrogens with one attached hydrogen (secondary N) is 1. The Labute approximate surface area is 119 Å². The molecule has 0 saturated carbocycles. The molecule has 1 heterocycles. The van der Waals surface area contributed by atoms with Crippen LogP contribution in [0.15, 0.2) is 41.0 Å². The van der Waals surface area contributed by atoms with Crippen LogP contribution in [0.2, 0.25) is 0 Å². The molecule has 0 unspecified atom stereocenters. The number of ether oxygens (including phenoxy) is 1. The van der Waals surface area contributed by atoms with Crippen LogP contribution in [-0.2, 0) is 4.74 Å². The molecule has 1 aromatic carbocycles. The summed E-state index contributed by atoms with van der Waals surface area (Å²) in [5, 5.41) is 6.96. The van der Waals surface area contributed by atoms with Gasteiger partial charge in [-0.3, -0.25) is 4.79 Å². The van der Waals surface area contributed by atoms with Gasteiger partial charge in [-0.2, -0.15) is 5.10 Å². The molecule has 1 amide bonds. The number of nitrogens with zero attached hydrogens (tertiary/aromatic N) is 2. The Bertz CT molecular complexity index is 551. The van der Waals surface area contributed by atoms with Gasteiger partial charge in [-0.1, -0.05) is 15.9 Å². The van der Waals surface area contributed by atoms with E-state index in [1.807, 2.05) is 24.3 Å². The molecular formula is C13H14BrN3O2. The third kappa shape index (κ3) is 3.65. The van der Waals surface area contributed by atoms with Gasteiger partial charge in [0, 0.05) is 24.3 Å². The van der Waals surface area contributed by atoms with E-state index >= 15 is 0 Å². The fraction of sp³-hybridized carbons (Fsp3) is 0.231. The summed E-state index contributed by atoms with van der Waals surface area (Å²) < 4.78 is 7.53. The first-order chi connectivity index (χ1) is 9.20. The number of carbonyl (C=O) groups is 1. The van der Waals surface area contributed by atoms with Gasteiger partial charge in [0.15, 0.2) is 5.69 Å². The van der Waals surface area contributed by atoms with E-state index in [-0.39, 0.29) is 5.91 Å². The van der Waals surface area contributed by atoms with Crippen LogP contribution in [0.5, 0.6) is 0 Å². The van der Waals surface area contributed by atoms with Crippen molar-refractivity contribution in [3.63, 3.8) is 0 Å². The highest BCUT2D eigenvalue weighted by molar-refractivity contribution is 9.10. The van der Waals surface area contributed by atoms with E-state index in [1.165, 1.54) is 0 Å². The predicted octanol–water partition coefficient (Wildman–Crippen LogP) is 2.01. The monoisotopic (exact) mass is 323 g/mol. The number of methoxy groups -OCH3 is 1. The van der Waals surface area contributed by atoms with Gasteiger partial charge in [-0.05, 0) is 30.3 Å². The summed E-state index contributed by atoms with van der Waals surface area (Å²) in [4.78, 5) is 11.8. The number of halogens is 1. The maximum absolute atomic E-state index is 11.8.